The van der Waals surface area contributed by atoms with Crippen molar-refractivity contribution < 1.29 is 4.21 Å². The van der Waals surface area contributed by atoms with E-state index in [-0.39, 0.29) is 0 Å². The summed E-state index contributed by atoms with van der Waals surface area (Å²) in [5.41, 5.74) is 0. The van der Waals surface area contributed by atoms with Gasteiger partial charge in [-0.05, 0) is 50.8 Å². The van der Waals surface area contributed by atoms with Gasteiger partial charge < -0.3 is 5.32 Å². The van der Waals surface area contributed by atoms with Crippen molar-refractivity contribution in [3.8, 4) is 0 Å². The Hall–Kier alpha value is 0.0600. The van der Waals surface area contributed by atoms with E-state index in [9.17, 15) is 4.21 Å². The second-order valence-electron chi connectivity index (χ2n) is 3.75. The molecule has 1 N–H and O–H groups in total. The first kappa shape index (κ1) is 12.5. The number of pyridine rings is 1. The van der Waals surface area contributed by atoms with Crippen molar-refractivity contribution in [2.24, 2.45) is 0 Å². The zero-order valence-electron chi connectivity index (χ0n) is 8.58. The summed E-state index contributed by atoms with van der Waals surface area (Å²) >= 11 is 6.84. The van der Waals surface area contributed by atoms with Crippen molar-refractivity contribution in [2.75, 3.05) is 16.8 Å². The molecule has 2 rings (SSSR count). The molecule has 0 bridgehead atoms. The van der Waals surface area contributed by atoms with Gasteiger partial charge in [0.25, 0.3) is 0 Å². The van der Waals surface area contributed by atoms with Crippen LogP contribution in [0.5, 0.6) is 0 Å². The molecule has 3 nitrogen and oxygen atoms in total. The van der Waals surface area contributed by atoms with Crippen molar-refractivity contribution in [3.63, 3.8) is 0 Å². The van der Waals surface area contributed by atoms with Gasteiger partial charge >= 0.3 is 0 Å². The zero-order valence-corrected chi connectivity index (χ0v) is 12.6. The fraction of sp³-hybridized carbons (Fsp3) is 0.500. The number of nitrogens with one attached hydrogen (secondary N) is 1. The Balaban J connectivity index is 2.01. The maximum Gasteiger partial charge on any atom is 0.140 e. The smallest absolute Gasteiger partial charge is 0.140 e. The van der Waals surface area contributed by atoms with Gasteiger partial charge in [0.1, 0.15) is 5.82 Å². The Morgan fingerprint density at radius 3 is 2.69 bits per heavy atom. The van der Waals surface area contributed by atoms with Gasteiger partial charge in [0.2, 0.25) is 0 Å². The van der Waals surface area contributed by atoms with Crippen LogP contribution < -0.4 is 5.32 Å². The van der Waals surface area contributed by atoms with E-state index in [0.29, 0.717) is 6.04 Å². The van der Waals surface area contributed by atoms with E-state index < -0.39 is 10.8 Å². The van der Waals surface area contributed by atoms with Gasteiger partial charge in [-0.15, -0.1) is 0 Å². The Bertz CT molecular complexity index is 404. The van der Waals surface area contributed by atoms with Crippen LogP contribution in [0.1, 0.15) is 12.8 Å². The Morgan fingerprint density at radius 1 is 1.38 bits per heavy atom. The highest BCUT2D eigenvalue weighted by atomic mass is 79.9. The molecule has 0 amide bonds. The van der Waals surface area contributed by atoms with Crippen LogP contribution in [0.25, 0.3) is 0 Å². The second-order valence-corrected chi connectivity index (χ2v) is 7.22. The Morgan fingerprint density at radius 2 is 2.06 bits per heavy atom. The van der Waals surface area contributed by atoms with Crippen LogP contribution in [0.3, 0.4) is 0 Å². The lowest BCUT2D eigenvalue weighted by atomic mass is 10.1. The average molecular weight is 368 g/mol. The summed E-state index contributed by atoms with van der Waals surface area (Å²) in [7, 11) is -0.608. The predicted octanol–water partition coefficient (Wildman–Crippen LogP) is 2.93. The van der Waals surface area contributed by atoms with E-state index in [0.717, 1.165) is 39.1 Å². The van der Waals surface area contributed by atoms with Crippen molar-refractivity contribution >= 4 is 48.5 Å². The molecule has 0 aromatic carbocycles. The third-order valence-corrected chi connectivity index (χ3v) is 4.96. The molecule has 88 valence electrons. The number of rotatable bonds is 2. The number of aromatic nitrogens is 1. The maximum atomic E-state index is 11.2. The molecule has 0 radical (unpaired) electrons. The molecule has 6 heteroatoms. The molecule has 1 aliphatic heterocycles. The van der Waals surface area contributed by atoms with Gasteiger partial charge in [-0.1, -0.05) is 0 Å². The molecule has 1 fully saturated rings. The standard InChI is InChI=1S/C10H12Br2N2OS/c11-7-5-9(12)10(13-6-7)14-8-1-3-16(15)4-2-8/h5-6,8H,1-4H2,(H,13,14). The van der Waals surface area contributed by atoms with E-state index in [1.54, 1.807) is 6.20 Å². The normalized spacial score (nSPS) is 25.4. The van der Waals surface area contributed by atoms with Crippen LogP contribution in [0.4, 0.5) is 5.82 Å². The minimum Gasteiger partial charge on any atom is -0.366 e. The van der Waals surface area contributed by atoms with Crippen LogP contribution in [0, 0.1) is 0 Å². The van der Waals surface area contributed by atoms with E-state index >= 15 is 0 Å². The molecule has 0 atom stereocenters. The van der Waals surface area contributed by atoms with Crippen LogP contribution >= 0.6 is 31.9 Å². The van der Waals surface area contributed by atoms with Gasteiger partial charge in [-0.25, -0.2) is 4.98 Å². The summed E-state index contributed by atoms with van der Waals surface area (Å²) < 4.78 is 13.1. The topological polar surface area (TPSA) is 42.0 Å². The number of hydrogen-bond acceptors (Lipinski definition) is 3. The molecular formula is C10H12Br2N2OS. The number of nitrogens with zero attached hydrogens (tertiary/aromatic N) is 1. The first-order valence-electron chi connectivity index (χ1n) is 5.07. The summed E-state index contributed by atoms with van der Waals surface area (Å²) in [6, 6.07) is 2.36. The lowest BCUT2D eigenvalue weighted by Crippen LogP contribution is -2.29. The van der Waals surface area contributed by atoms with Crippen molar-refractivity contribution in [1.29, 1.82) is 0 Å². The minimum atomic E-state index is -0.608. The number of hydrogen-bond donors (Lipinski definition) is 1. The predicted molar refractivity (Wildman–Crippen MR) is 74.2 cm³/mol. The number of halogens is 2. The highest BCUT2D eigenvalue weighted by Gasteiger charge is 2.18. The maximum absolute atomic E-state index is 11.2. The van der Waals surface area contributed by atoms with Gasteiger partial charge in [-0.2, -0.15) is 0 Å². The highest BCUT2D eigenvalue weighted by molar-refractivity contribution is 9.11. The molecule has 0 saturated carbocycles. The largest absolute Gasteiger partial charge is 0.366 e. The third kappa shape index (κ3) is 3.28. The molecule has 0 spiro atoms. The van der Waals surface area contributed by atoms with Gasteiger partial charge in [0.15, 0.2) is 0 Å². The van der Waals surface area contributed by atoms with E-state index in [4.69, 9.17) is 0 Å². The molecule has 0 unspecified atom stereocenters. The van der Waals surface area contributed by atoms with Crippen LogP contribution in [-0.2, 0) is 10.8 Å². The molecule has 1 aliphatic rings. The van der Waals surface area contributed by atoms with E-state index in [1.165, 1.54) is 0 Å². The summed E-state index contributed by atoms with van der Waals surface area (Å²) in [6.45, 7) is 0. The Kier molecular flexibility index (Phi) is 4.38. The highest BCUT2D eigenvalue weighted by Crippen LogP contribution is 2.25. The fourth-order valence-corrected chi connectivity index (χ4v) is 4.05. The first-order valence-corrected chi connectivity index (χ1v) is 8.15. The van der Waals surface area contributed by atoms with Crippen molar-refractivity contribution in [1.82, 2.24) is 4.98 Å². The van der Waals surface area contributed by atoms with Gasteiger partial charge in [0.05, 0.1) is 4.47 Å². The monoisotopic (exact) mass is 366 g/mol. The van der Waals surface area contributed by atoms with Gasteiger partial charge in [0, 0.05) is 39.0 Å². The van der Waals surface area contributed by atoms with E-state index in [2.05, 4.69) is 42.2 Å². The quantitative estimate of drug-likeness (QED) is 0.873. The lowest BCUT2D eigenvalue weighted by molar-refractivity contribution is 0.622. The SMILES string of the molecule is O=S1CCC(Nc2ncc(Br)cc2Br)CC1. The minimum absolute atomic E-state index is 0.391. The average Bonchev–Trinajstić information content (AvgIpc) is 2.25. The number of anilines is 1. The van der Waals surface area contributed by atoms with Crippen LogP contribution in [-0.4, -0.2) is 26.7 Å². The fourth-order valence-electron chi connectivity index (χ4n) is 1.65. The molecule has 1 saturated heterocycles. The molecule has 0 aliphatic carbocycles. The second kappa shape index (κ2) is 5.60. The Labute approximate surface area is 114 Å². The van der Waals surface area contributed by atoms with Crippen molar-refractivity contribution in [2.45, 2.75) is 18.9 Å². The molecular weight excluding hydrogens is 356 g/mol. The summed E-state index contributed by atoms with van der Waals surface area (Å²) in [6.07, 6.45) is 3.68. The summed E-state index contributed by atoms with van der Waals surface area (Å²) in [5, 5.41) is 3.38. The lowest BCUT2D eigenvalue weighted by Gasteiger charge is -2.23. The van der Waals surface area contributed by atoms with Crippen LogP contribution in [0.2, 0.25) is 0 Å². The molecule has 1 aromatic rings. The molecule has 2 heterocycles. The summed E-state index contributed by atoms with van der Waals surface area (Å²) in [5.74, 6) is 2.46. The molecule has 1 aromatic heterocycles. The third-order valence-electron chi connectivity index (χ3n) is 2.54. The summed E-state index contributed by atoms with van der Waals surface area (Å²) in [4.78, 5) is 4.31. The van der Waals surface area contributed by atoms with E-state index in [1.807, 2.05) is 6.07 Å². The van der Waals surface area contributed by atoms with Crippen molar-refractivity contribution in [3.05, 3.63) is 21.2 Å². The van der Waals surface area contributed by atoms with Crippen LogP contribution in [0.15, 0.2) is 21.2 Å². The zero-order chi connectivity index (χ0) is 11.5. The van der Waals surface area contributed by atoms with Gasteiger partial charge in [-0.3, -0.25) is 4.21 Å². The first-order chi connectivity index (χ1) is 7.65. The molecule has 16 heavy (non-hydrogen) atoms.